The average Bonchev–Trinajstić information content (AvgIpc) is 3.47. The number of rotatable bonds is 9. The number of H-pyrrole nitrogens is 1. The quantitative estimate of drug-likeness (QED) is 0.177. The molecule has 4 aromatic rings. The third-order valence-electron chi connectivity index (χ3n) is 6.91. The van der Waals surface area contributed by atoms with Crippen LogP contribution in [0.4, 0.5) is 5.69 Å². The number of hydrogen-bond acceptors (Lipinski definition) is 4. The summed E-state index contributed by atoms with van der Waals surface area (Å²) in [5.41, 5.74) is 12.8. The summed E-state index contributed by atoms with van der Waals surface area (Å²) in [4.78, 5) is 18.4. The number of methoxy groups -OCH3 is 1. The molecule has 2 heterocycles. The molecule has 0 radical (unpaired) electrons. The number of carbonyl (C=O) groups excluding carboxylic acids is 1. The molecule has 0 spiro atoms. The number of anilines is 1. The number of likely N-dealkylation sites (N-methyl/N-ethyl adjacent to an activating group) is 1. The van der Waals surface area contributed by atoms with Crippen molar-refractivity contribution in [3.8, 4) is 11.1 Å². The molecule has 4 rings (SSSR count). The van der Waals surface area contributed by atoms with Crippen molar-refractivity contribution in [2.45, 2.75) is 27.3 Å². The summed E-state index contributed by atoms with van der Waals surface area (Å²) in [6, 6.07) is 9.48. The van der Waals surface area contributed by atoms with Crippen molar-refractivity contribution < 1.29 is 9.53 Å². The second-order valence-corrected chi connectivity index (χ2v) is 9.88. The zero-order valence-electron chi connectivity index (χ0n) is 21.6. The smallest absolute Gasteiger partial charge is 0.355 e. The third kappa shape index (κ3) is 5.14. The van der Waals surface area contributed by atoms with Crippen LogP contribution in [0.3, 0.4) is 0 Å². The van der Waals surface area contributed by atoms with Gasteiger partial charge in [-0.15, -0.1) is 0 Å². The summed E-state index contributed by atoms with van der Waals surface area (Å²) in [5.74, 6) is -0.472. The highest BCUT2D eigenvalue weighted by atomic mass is 35.5. The van der Waals surface area contributed by atoms with Crippen LogP contribution in [0.1, 0.15) is 41.0 Å². The van der Waals surface area contributed by atoms with E-state index in [2.05, 4.69) is 41.1 Å². The van der Waals surface area contributed by atoms with Crippen molar-refractivity contribution in [2.75, 3.05) is 32.5 Å². The molecule has 8 heteroatoms. The fourth-order valence-corrected chi connectivity index (χ4v) is 5.09. The van der Waals surface area contributed by atoms with E-state index in [0.29, 0.717) is 32.6 Å². The number of carbonyl (C=O) groups is 1. The SMILES string of the molecule is C=C(c1cc(C)c(Cl)cc1N)c1c[nH]c(C(=O)OC)c1-c1cn(CCN(CC)CC)c2ccc(Cl)cc12. The minimum atomic E-state index is -0.472. The second-order valence-electron chi connectivity index (χ2n) is 9.04. The van der Waals surface area contributed by atoms with Crippen molar-refractivity contribution in [1.82, 2.24) is 14.5 Å². The van der Waals surface area contributed by atoms with E-state index in [0.717, 1.165) is 59.3 Å². The first-order valence-electron chi connectivity index (χ1n) is 12.3. The highest BCUT2D eigenvalue weighted by molar-refractivity contribution is 6.32. The molecule has 0 saturated heterocycles. The molecule has 2 aromatic carbocycles. The topological polar surface area (TPSA) is 76.3 Å². The van der Waals surface area contributed by atoms with E-state index in [4.69, 9.17) is 33.7 Å². The standard InChI is InChI=1S/C29H32Cl2N4O2/c1-6-34(7-2)10-11-35-16-23(21-13-19(30)8-9-26(21)35)27-22(15-33-28(27)29(36)37-5)18(4)20-12-17(3)24(31)14-25(20)32/h8-9,12-16,33H,4,6-7,10-11,32H2,1-3,5H3. The fraction of sp³-hybridized carbons (Fsp3) is 0.276. The molecule has 0 saturated carbocycles. The van der Waals surface area contributed by atoms with Crippen molar-refractivity contribution in [3.05, 3.63) is 81.7 Å². The molecule has 194 valence electrons. The molecule has 6 nitrogen and oxygen atoms in total. The molecular formula is C29H32Cl2N4O2. The van der Waals surface area contributed by atoms with Crippen LogP contribution in [-0.2, 0) is 11.3 Å². The number of nitrogens with zero attached hydrogens (tertiary/aromatic N) is 2. The van der Waals surface area contributed by atoms with Gasteiger partial charge in [0.15, 0.2) is 0 Å². The number of aromatic nitrogens is 2. The molecule has 0 atom stereocenters. The fourth-order valence-electron chi connectivity index (χ4n) is 4.75. The zero-order valence-corrected chi connectivity index (χ0v) is 23.1. The molecule has 0 unspecified atom stereocenters. The van der Waals surface area contributed by atoms with Gasteiger partial charge in [0.05, 0.1) is 7.11 Å². The lowest BCUT2D eigenvalue weighted by Crippen LogP contribution is -2.26. The summed E-state index contributed by atoms with van der Waals surface area (Å²) in [6.45, 7) is 14.2. The minimum absolute atomic E-state index is 0.339. The molecule has 0 amide bonds. The molecule has 0 fully saturated rings. The Hall–Kier alpha value is -3.19. The van der Waals surface area contributed by atoms with Crippen LogP contribution in [0.25, 0.3) is 27.6 Å². The van der Waals surface area contributed by atoms with Crippen LogP contribution < -0.4 is 5.73 Å². The van der Waals surface area contributed by atoms with Crippen molar-refractivity contribution in [2.24, 2.45) is 0 Å². The number of nitrogens with two attached hydrogens (primary N) is 1. The summed E-state index contributed by atoms with van der Waals surface area (Å²) in [7, 11) is 1.37. The van der Waals surface area contributed by atoms with Crippen molar-refractivity contribution in [3.63, 3.8) is 0 Å². The second kappa shape index (κ2) is 11.1. The van der Waals surface area contributed by atoms with Gasteiger partial charge in [0.1, 0.15) is 5.69 Å². The van der Waals surface area contributed by atoms with E-state index in [1.54, 1.807) is 12.3 Å². The van der Waals surface area contributed by atoms with Crippen LogP contribution >= 0.6 is 23.2 Å². The summed E-state index contributed by atoms with van der Waals surface area (Å²) < 4.78 is 7.33. The minimum Gasteiger partial charge on any atom is -0.464 e. The van der Waals surface area contributed by atoms with Gasteiger partial charge in [0.2, 0.25) is 0 Å². The van der Waals surface area contributed by atoms with Gasteiger partial charge in [0.25, 0.3) is 0 Å². The van der Waals surface area contributed by atoms with E-state index in [1.165, 1.54) is 7.11 Å². The number of hydrogen-bond donors (Lipinski definition) is 2. The van der Waals surface area contributed by atoms with Gasteiger partial charge < -0.3 is 24.9 Å². The Bertz CT molecular complexity index is 1480. The average molecular weight is 540 g/mol. The van der Waals surface area contributed by atoms with Crippen LogP contribution in [0.5, 0.6) is 0 Å². The van der Waals surface area contributed by atoms with Crippen LogP contribution in [0, 0.1) is 6.92 Å². The predicted octanol–water partition coefficient (Wildman–Crippen LogP) is 7.02. The molecule has 0 aliphatic carbocycles. The molecule has 37 heavy (non-hydrogen) atoms. The van der Waals surface area contributed by atoms with Gasteiger partial charge in [-0.1, -0.05) is 43.6 Å². The van der Waals surface area contributed by atoms with Crippen LogP contribution in [0.15, 0.2) is 49.3 Å². The highest BCUT2D eigenvalue weighted by Crippen LogP contribution is 2.41. The monoisotopic (exact) mass is 538 g/mol. The first-order chi connectivity index (χ1) is 17.7. The number of nitrogen functional groups attached to an aromatic ring is 1. The van der Waals surface area contributed by atoms with Gasteiger partial charge >= 0.3 is 5.97 Å². The lowest BCUT2D eigenvalue weighted by atomic mass is 9.92. The number of aryl methyl sites for hydroxylation is 1. The maximum atomic E-state index is 12.9. The number of esters is 1. The van der Waals surface area contributed by atoms with Gasteiger partial charge in [-0.3, -0.25) is 0 Å². The largest absolute Gasteiger partial charge is 0.464 e. The molecular weight excluding hydrogens is 507 g/mol. The Kier molecular flexibility index (Phi) is 8.02. The number of benzene rings is 2. The lowest BCUT2D eigenvalue weighted by molar-refractivity contribution is 0.0595. The molecule has 0 aliphatic rings. The van der Waals surface area contributed by atoms with Crippen molar-refractivity contribution in [1.29, 1.82) is 0 Å². The number of nitrogens with one attached hydrogen (secondary N) is 1. The van der Waals surface area contributed by atoms with Gasteiger partial charge in [-0.2, -0.15) is 0 Å². The molecule has 2 aromatic heterocycles. The van der Waals surface area contributed by atoms with E-state index in [1.807, 2.05) is 31.2 Å². The van der Waals surface area contributed by atoms with Gasteiger partial charge in [-0.05, 0) is 61.5 Å². The normalized spacial score (nSPS) is 11.4. The van der Waals surface area contributed by atoms with Crippen molar-refractivity contribution >= 4 is 51.3 Å². The molecule has 0 aliphatic heterocycles. The third-order valence-corrected chi connectivity index (χ3v) is 7.56. The Labute approximate surface area is 227 Å². The van der Waals surface area contributed by atoms with E-state index < -0.39 is 5.97 Å². The first-order valence-corrected chi connectivity index (χ1v) is 13.0. The number of ether oxygens (including phenoxy) is 1. The number of fused-ring (bicyclic) bond motifs is 1. The van der Waals surface area contributed by atoms with E-state index in [-0.39, 0.29) is 0 Å². The number of aromatic amines is 1. The maximum absolute atomic E-state index is 12.9. The number of halogens is 2. The van der Waals surface area contributed by atoms with E-state index >= 15 is 0 Å². The Morgan fingerprint density at radius 3 is 2.57 bits per heavy atom. The zero-order chi connectivity index (χ0) is 26.9. The Balaban J connectivity index is 1.93. The first kappa shape index (κ1) is 26.9. The Morgan fingerprint density at radius 1 is 1.16 bits per heavy atom. The predicted molar refractivity (Wildman–Crippen MR) is 155 cm³/mol. The Morgan fingerprint density at radius 2 is 1.89 bits per heavy atom. The van der Waals surface area contributed by atoms with E-state index in [9.17, 15) is 4.79 Å². The summed E-state index contributed by atoms with van der Waals surface area (Å²) in [5, 5.41) is 2.14. The lowest BCUT2D eigenvalue weighted by Gasteiger charge is -2.18. The van der Waals surface area contributed by atoms with Gasteiger partial charge in [-0.25, -0.2) is 4.79 Å². The summed E-state index contributed by atoms with van der Waals surface area (Å²) in [6.07, 6.45) is 3.85. The highest BCUT2D eigenvalue weighted by Gasteiger charge is 2.25. The molecule has 0 bridgehead atoms. The molecule has 3 N–H and O–H groups in total. The van der Waals surface area contributed by atoms with Crippen LogP contribution in [0.2, 0.25) is 10.0 Å². The van der Waals surface area contributed by atoms with Crippen LogP contribution in [-0.4, -0.2) is 47.2 Å². The summed E-state index contributed by atoms with van der Waals surface area (Å²) >= 11 is 12.7. The van der Waals surface area contributed by atoms with Gasteiger partial charge in [0, 0.05) is 74.4 Å². The maximum Gasteiger partial charge on any atom is 0.355 e.